The molecule has 1 N–H and O–H groups in total. The summed E-state index contributed by atoms with van der Waals surface area (Å²) in [4.78, 5) is 0. The monoisotopic (exact) mass is 160 g/mol. The Morgan fingerprint density at radius 2 is 2.09 bits per heavy atom. The van der Waals surface area contributed by atoms with Crippen molar-refractivity contribution in [2.24, 2.45) is 5.92 Å². The molecular weight excluding hydrogens is 140 g/mol. The van der Waals surface area contributed by atoms with Gasteiger partial charge in [-0.05, 0) is 18.8 Å². The van der Waals surface area contributed by atoms with Gasteiger partial charge in [-0.1, -0.05) is 20.3 Å². The van der Waals surface area contributed by atoms with Gasteiger partial charge in [0.05, 0.1) is 6.10 Å². The Morgan fingerprint density at radius 3 is 2.55 bits per heavy atom. The van der Waals surface area contributed by atoms with E-state index in [1.165, 1.54) is 0 Å². The lowest BCUT2D eigenvalue weighted by atomic mass is 9.98. The minimum absolute atomic E-state index is 0.143. The van der Waals surface area contributed by atoms with Crippen LogP contribution in [0.1, 0.15) is 33.1 Å². The Kier molecular flexibility index (Phi) is 6.57. The zero-order valence-electron chi connectivity index (χ0n) is 7.84. The van der Waals surface area contributed by atoms with Crippen LogP contribution in [0.3, 0.4) is 0 Å². The summed E-state index contributed by atoms with van der Waals surface area (Å²) >= 11 is 0. The Hall–Kier alpha value is -0.0800. The van der Waals surface area contributed by atoms with Crippen LogP contribution in [0, 0.1) is 5.92 Å². The number of hydrogen-bond acceptors (Lipinski definition) is 2. The summed E-state index contributed by atoms with van der Waals surface area (Å²) in [7, 11) is 1.69. The first-order valence-electron chi connectivity index (χ1n) is 4.39. The summed E-state index contributed by atoms with van der Waals surface area (Å²) in [5.74, 6) is 0.423. The maximum atomic E-state index is 9.49. The molecule has 0 bridgehead atoms. The van der Waals surface area contributed by atoms with Crippen molar-refractivity contribution in [2.75, 3.05) is 13.7 Å². The van der Waals surface area contributed by atoms with Crippen LogP contribution in [0.4, 0.5) is 0 Å². The van der Waals surface area contributed by atoms with Gasteiger partial charge >= 0.3 is 0 Å². The fourth-order valence-corrected chi connectivity index (χ4v) is 0.993. The third kappa shape index (κ3) is 5.22. The first-order chi connectivity index (χ1) is 5.22. The second-order valence-electron chi connectivity index (χ2n) is 3.09. The van der Waals surface area contributed by atoms with Crippen LogP contribution in [0.25, 0.3) is 0 Å². The Balaban J connectivity index is 3.28. The lowest BCUT2D eigenvalue weighted by Crippen LogP contribution is -2.17. The van der Waals surface area contributed by atoms with E-state index in [4.69, 9.17) is 4.74 Å². The lowest BCUT2D eigenvalue weighted by molar-refractivity contribution is 0.0906. The standard InChI is InChI=1S/C9H20O2/c1-4-8(2)9(10)6-5-7-11-3/h8-10H,4-7H2,1-3H3. The molecule has 0 rings (SSSR count). The minimum atomic E-state index is -0.143. The second kappa shape index (κ2) is 6.62. The molecule has 0 saturated carbocycles. The van der Waals surface area contributed by atoms with Gasteiger partial charge < -0.3 is 9.84 Å². The van der Waals surface area contributed by atoms with E-state index in [9.17, 15) is 5.11 Å². The van der Waals surface area contributed by atoms with E-state index >= 15 is 0 Å². The van der Waals surface area contributed by atoms with Crippen LogP contribution in [0.5, 0.6) is 0 Å². The fraction of sp³-hybridized carbons (Fsp3) is 1.00. The smallest absolute Gasteiger partial charge is 0.0566 e. The van der Waals surface area contributed by atoms with Crippen molar-refractivity contribution in [3.05, 3.63) is 0 Å². The van der Waals surface area contributed by atoms with Crippen LogP contribution < -0.4 is 0 Å². The first-order valence-corrected chi connectivity index (χ1v) is 4.39. The highest BCUT2D eigenvalue weighted by atomic mass is 16.5. The van der Waals surface area contributed by atoms with E-state index in [1.54, 1.807) is 7.11 Å². The average Bonchev–Trinajstić information content (AvgIpc) is 2.03. The maximum Gasteiger partial charge on any atom is 0.0566 e. The first kappa shape index (κ1) is 10.9. The normalized spacial score (nSPS) is 16.4. The fourth-order valence-electron chi connectivity index (χ4n) is 0.993. The van der Waals surface area contributed by atoms with E-state index in [-0.39, 0.29) is 6.10 Å². The number of aliphatic hydroxyl groups is 1. The molecule has 0 aliphatic rings. The Bertz CT molecular complexity index is 83.6. The summed E-state index contributed by atoms with van der Waals surface area (Å²) in [6, 6.07) is 0. The third-order valence-corrected chi connectivity index (χ3v) is 2.15. The van der Waals surface area contributed by atoms with Gasteiger partial charge in [0.15, 0.2) is 0 Å². The van der Waals surface area contributed by atoms with E-state index < -0.39 is 0 Å². The minimum Gasteiger partial charge on any atom is -0.393 e. The van der Waals surface area contributed by atoms with Crippen LogP contribution in [0.15, 0.2) is 0 Å². The maximum absolute atomic E-state index is 9.49. The zero-order valence-corrected chi connectivity index (χ0v) is 7.84. The highest BCUT2D eigenvalue weighted by Gasteiger charge is 2.10. The molecule has 0 aromatic carbocycles. The van der Waals surface area contributed by atoms with E-state index in [0.29, 0.717) is 5.92 Å². The van der Waals surface area contributed by atoms with Gasteiger partial charge in [0.25, 0.3) is 0 Å². The molecular formula is C9H20O2. The van der Waals surface area contributed by atoms with Gasteiger partial charge in [0.2, 0.25) is 0 Å². The van der Waals surface area contributed by atoms with E-state index in [2.05, 4.69) is 13.8 Å². The molecule has 0 aliphatic carbocycles. The molecule has 2 nitrogen and oxygen atoms in total. The molecule has 68 valence electrons. The van der Waals surface area contributed by atoms with Gasteiger partial charge in [0, 0.05) is 13.7 Å². The highest BCUT2D eigenvalue weighted by Crippen LogP contribution is 2.11. The Morgan fingerprint density at radius 1 is 1.45 bits per heavy atom. The van der Waals surface area contributed by atoms with Crippen LogP contribution in [-0.4, -0.2) is 24.9 Å². The molecule has 0 aromatic heterocycles. The predicted octanol–water partition coefficient (Wildman–Crippen LogP) is 1.82. The topological polar surface area (TPSA) is 29.5 Å². The molecule has 0 spiro atoms. The van der Waals surface area contributed by atoms with Crippen LogP contribution in [-0.2, 0) is 4.74 Å². The third-order valence-electron chi connectivity index (χ3n) is 2.15. The van der Waals surface area contributed by atoms with Crippen molar-refractivity contribution < 1.29 is 9.84 Å². The largest absolute Gasteiger partial charge is 0.393 e. The predicted molar refractivity (Wildman–Crippen MR) is 46.6 cm³/mol. The van der Waals surface area contributed by atoms with Gasteiger partial charge in [-0.3, -0.25) is 0 Å². The SMILES string of the molecule is CCC(C)C(O)CCCOC. The molecule has 0 fully saturated rings. The molecule has 0 amide bonds. The van der Waals surface area contributed by atoms with Gasteiger partial charge in [0.1, 0.15) is 0 Å². The molecule has 0 heterocycles. The van der Waals surface area contributed by atoms with Gasteiger partial charge in [-0.25, -0.2) is 0 Å². The van der Waals surface area contributed by atoms with Crippen molar-refractivity contribution >= 4 is 0 Å². The van der Waals surface area contributed by atoms with Crippen molar-refractivity contribution in [1.29, 1.82) is 0 Å². The second-order valence-corrected chi connectivity index (χ2v) is 3.09. The highest BCUT2D eigenvalue weighted by molar-refractivity contribution is 4.62. The van der Waals surface area contributed by atoms with Crippen molar-refractivity contribution in [3.8, 4) is 0 Å². The average molecular weight is 160 g/mol. The molecule has 0 aliphatic heterocycles. The molecule has 2 heteroatoms. The summed E-state index contributed by atoms with van der Waals surface area (Å²) in [5.41, 5.74) is 0. The molecule has 2 unspecified atom stereocenters. The number of aliphatic hydroxyl groups excluding tert-OH is 1. The van der Waals surface area contributed by atoms with Crippen molar-refractivity contribution in [1.82, 2.24) is 0 Å². The number of hydrogen-bond donors (Lipinski definition) is 1. The number of rotatable bonds is 6. The summed E-state index contributed by atoms with van der Waals surface area (Å²) in [6.45, 7) is 4.94. The Labute approximate surface area is 69.6 Å². The van der Waals surface area contributed by atoms with E-state index in [1.807, 2.05) is 0 Å². The molecule has 11 heavy (non-hydrogen) atoms. The van der Waals surface area contributed by atoms with Crippen molar-refractivity contribution in [3.63, 3.8) is 0 Å². The number of ether oxygens (including phenoxy) is 1. The molecule has 2 atom stereocenters. The van der Waals surface area contributed by atoms with Gasteiger partial charge in [-0.15, -0.1) is 0 Å². The van der Waals surface area contributed by atoms with E-state index in [0.717, 1.165) is 25.9 Å². The quantitative estimate of drug-likeness (QED) is 0.600. The van der Waals surface area contributed by atoms with Crippen LogP contribution in [0.2, 0.25) is 0 Å². The summed E-state index contributed by atoms with van der Waals surface area (Å²) in [6.07, 6.45) is 2.73. The number of methoxy groups -OCH3 is 1. The summed E-state index contributed by atoms with van der Waals surface area (Å²) in [5, 5.41) is 9.49. The van der Waals surface area contributed by atoms with Crippen molar-refractivity contribution in [2.45, 2.75) is 39.2 Å². The molecule has 0 aromatic rings. The lowest BCUT2D eigenvalue weighted by Gasteiger charge is -2.16. The summed E-state index contributed by atoms with van der Waals surface area (Å²) < 4.78 is 4.89. The van der Waals surface area contributed by atoms with Gasteiger partial charge in [-0.2, -0.15) is 0 Å². The van der Waals surface area contributed by atoms with Crippen LogP contribution >= 0.6 is 0 Å². The molecule has 0 saturated heterocycles. The molecule has 0 radical (unpaired) electrons. The zero-order chi connectivity index (χ0) is 8.69.